The van der Waals surface area contributed by atoms with Crippen LogP contribution >= 0.6 is 11.3 Å². The lowest BCUT2D eigenvalue weighted by Crippen LogP contribution is -2.22. The van der Waals surface area contributed by atoms with Gasteiger partial charge in [-0.3, -0.25) is 9.69 Å². The standard InChI is InChI=1S/C17H20N4OS/c1-3-6-16-18-12(11-23-16)9-21(2)10-15-19-14-8-5-4-7-13(14)17(22)20-15/h4-5,7-8,11H,3,6,9-10H2,1-2H3,(H,19,20,22). The SMILES string of the molecule is CCCc1nc(CN(C)Cc2nc3ccccc3c(=O)[nH]2)cs1. The number of nitrogens with one attached hydrogen (secondary N) is 1. The molecule has 0 atom stereocenters. The first-order chi connectivity index (χ1) is 11.2. The van der Waals surface area contributed by atoms with Gasteiger partial charge in [0.25, 0.3) is 5.56 Å². The van der Waals surface area contributed by atoms with E-state index >= 15 is 0 Å². The molecule has 0 radical (unpaired) electrons. The van der Waals surface area contributed by atoms with E-state index in [1.165, 1.54) is 5.01 Å². The summed E-state index contributed by atoms with van der Waals surface area (Å²) >= 11 is 1.72. The van der Waals surface area contributed by atoms with Crippen molar-refractivity contribution in [1.82, 2.24) is 19.9 Å². The van der Waals surface area contributed by atoms with Crippen LogP contribution in [-0.2, 0) is 19.5 Å². The minimum Gasteiger partial charge on any atom is -0.309 e. The predicted molar refractivity (Wildman–Crippen MR) is 93.6 cm³/mol. The Morgan fingerprint density at radius 2 is 2.04 bits per heavy atom. The monoisotopic (exact) mass is 328 g/mol. The van der Waals surface area contributed by atoms with Crippen LogP contribution in [0.2, 0.25) is 0 Å². The summed E-state index contributed by atoms with van der Waals surface area (Å²) in [6, 6.07) is 7.40. The third-order valence-corrected chi connectivity index (χ3v) is 4.53. The summed E-state index contributed by atoms with van der Waals surface area (Å²) < 4.78 is 0. The highest BCUT2D eigenvalue weighted by atomic mass is 32.1. The highest BCUT2D eigenvalue weighted by Gasteiger charge is 2.09. The topological polar surface area (TPSA) is 61.9 Å². The van der Waals surface area contributed by atoms with Gasteiger partial charge < -0.3 is 4.98 Å². The molecule has 0 aliphatic rings. The largest absolute Gasteiger partial charge is 0.309 e. The van der Waals surface area contributed by atoms with Crippen molar-refractivity contribution in [2.75, 3.05) is 7.05 Å². The molecule has 2 heterocycles. The third kappa shape index (κ3) is 3.83. The summed E-state index contributed by atoms with van der Waals surface area (Å²) in [6.07, 6.45) is 2.15. The van der Waals surface area contributed by atoms with Crippen LogP contribution in [0.5, 0.6) is 0 Å². The zero-order valence-electron chi connectivity index (χ0n) is 13.4. The Balaban J connectivity index is 1.72. The molecule has 0 saturated carbocycles. The van der Waals surface area contributed by atoms with Gasteiger partial charge in [0.2, 0.25) is 0 Å². The summed E-state index contributed by atoms with van der Waals surface area (Å²) in [5, 5.41) is 3.92. The molecule has 5 nitrogen and oxygen atoms in total. The molecule has 0 saturated heterocycles. The molecular weight excluding hydrogens is 308 g/mol. The number of nitrogens with zero attached hydrogens (tertiary/aromatic N) is 3. The van der Waals surface area contributed by atoms with Crippen LogP contribution in [0.3, 0.4) is 0 Å². The molecule has 0 bridgehead atoms. The van der Waals surface area contributed by atoms with Gasteiger partial charge >= 0.3 is 0 Å². The Labute approximate surface area is 139 Å². The molecule has 6 heteroatoms. The van der Waals surface area contributed by atoms with E-state index in [1.54, 1.807) is 17.4 Å². The van der Waals surface area contributed by atoms with Crippen molar-refractivity contribution >= 4 is 22.2 Å². The van der Waals surface area contributed by atoms with E-state index in [0.717, 1.165) is 30.6 Å². The van der Waals surface area contributed by atoms with Gasteiger partial charge in [-0.2, -0.15) is 0 Å². The van der Waals surface area contributed by atoms with E-state index in [2.05, 4.69) is 32.2 Å². The molecule has 2 aromatic heterocycles. The van der Waals surface area contributed by atoms with Crippen LogP contribution in [0.15, 0.2) is 34.4 Å². The zero-order valence-corrected chi connectivity index (χ0v) is 14.2. The quantitative estimate of drug-likeness (QED) is 0.756. The molecule has 1 N–H and O–H groups in total. The number of thiazole rings is 1. The maximum atomic E-state index is 12.1. The number of fused-ring (bicyclic) bond motifs is 1. The van der Waals surface area contributed by atoms with Crippen LogP contribution in [0.25, 0.3) is 10.9 Å². The maximum Gasteiger partial charge on any atom is 0.258 e. The average molecular weight is 328 g/mol. The summed E-state index contributed by atoms with van der Waals surface area (Å²) in [6.45, 7) is 3.49. The number of hydrogen-bond donors (Lipinski definition) is 1. The Kier molecular flexibility index (Phi) is 4.83. The minimum absolute atomic E-state index is 0.0853. The van der Waals surface area contributed by atoms with Gasteiger partial charge in [-0.1, -0.05) is 19.1 Å². The predicted octanol–water partition coefficient (Wildman–Crippen LogP) is 2.96. The maximum absolute atomic E-state index is 12.1. The van der Waals surface area contributed by atoms with Gasteiger partial charge in [0.15, 0.2) is 0 Å². The molecule has 3 rings (SSSR count). The second-order valence-electron chi connectivity index (χ2n) is 5.68. The van der Waals surface area contributed by atoms with E-state index in [9.17, 15) is 4.79 Å². The fourth-order valence-electron chi connectivity index (χ4n) is 2.55. The zero-order chi connectivity index (χ0) is 16.2. The number of aromatic nitrogens is 3. The highest BCUT2D eigenvalue weighted by Crippen LogP contribution is 2.14. The second kappa shape index (κ2) is 7.02. The lowest BCUT2D eigenvalue weighted by atomic mass is 10.2. The summed E-state index contributed by atoms with van der Waals surface area (Å²) in [7, 11) is 2.01. The Hall–Kier alpha value is -2.05. The number of para-hydroxylation sites is 1. The number of benzene rings is 1. The van der Waals surface area contributed by atoms with Gasteiger partial charge in [0.1, 0.15) is 5.82 Å². The van der Waals surface area contributed by atoms with Crippen molar-refractivity contribution in [3.63, 3.8) is 0 Å². The molecular formula is C17H20N4OS. The smallest absolute Gasteiger partial charge is 0.258 e. The molecule has 1 aromatic carbocycles. The van der Waals surface area contributed by atoms with Crippen molar-refractivity contribution in [3.05, 3.63) is 56.5 Å². The normalized spacial score (nSPS) is 11.4. The van der Waals surface area contributed by atoms with Crippen molar-refractivity contribution in [2.24, 2.45) is 0 Å². The van der Waals surface area contributed by atoms with Crippen LogP contribution in [0.1, 0.15) is 29.9 Å². The highest BCUT2D eigenvalue weighted by molar-refractivity contribution is 7.09. The number of aryl methyl sites for hydroxylation is 1. The Morgan fingerprint density at radius 3 is 2.87 bits per heavy atom. The van der Waals surface area contributed by atoms with Crippen molar-refractivity contribution in [3.8, 4) is 0 Å². The van der Waals surface area contributed by atoms with Crippen LogP contribution < -0.4 is 5.56 Å². The first kappa shape index (κ1) is 15.8. The minimum atomic E-state index is -0.0853. The third-order valence-electron chi connectivity index (χ3n) is 3.58. The fraction of sp³-hybridized carbons (Fsp3) is 0.353. The summed E-state index contributed by atoms with van der Waals surface area (Å²) in [5.41, 5.74) is 1.72. The number of aromatic amines is 1. The molecule has 0 unspecified atom stereocenters. The molecule has 0 fully saturated rings. The lowest BCUT2D eigenvalue weighted by Gasteiger charge is -2.14. The van der Waals surface area contributed by atoms with Gasteiger partial charge in [-0.15, -0.1) is 11.3 Å². The number of rotatable bonds is 6. The van der Waals surface area contributed by atoms with E-state index in [0.29, 0.717) is 17.8 Å². The van der Waals surface area contributed by atoms with E-state index in [4.69, 9.17) is 0 Å². The van der Waals surface area contributed by atoms with Crippen LogP contribution in [0, 0.1) is 0 Å². The van der Waals surface area contributed by atoms with Gasteiger partial charge in [0.05, 0.1) is 28.1 Å². The first-order valence-corrected chi connectivity index (χ1v) is 8.63. The Morgan fingerprint density at radius 1 is 1.22 bits per heavy atom. The van der Waals surface area contributed by atoms with Crippen LogP contribution in [0.4, 0.5) is 0 Å². The lowest BCUT2D eigenvalue weighted by molar-refractivity contribution is 0.307. The van der Waals surface area contributed by atoms with Gasteiger partial charge in [0, 0.05) is 11.9 Å². The average Bonchev–Trinajstić information content (AvgIpc) is 2.94. The number of H-pyrrole nitrogens is 1. The van der Waals surface area contributed by atoms with Crippen LogP contribution in [-0.4, -0.2) is 26.9 Å². The van der Waals surface area contributed by atoms with Crippen molar-refractivity contribution < 1.29 is 0 Å². The Bertz CT molecular complexity index is 855. The fourth-order valence-corrected chi connectivity index (χ4v) is 3.44. The van der Waals surface area contributed by atoms with Crippen molar-refractivity contribution in [1.29, 1.82) is 0 Å². The molecule has 3 aromatic rings. The molecule has 0 amide bonds. The van der Waals surface area contributed by atoms with E-state index in [-0.39, 0.29) is 5.56 Å². The molecule has 23 heavy (non-hydrogen) atoms. The first-order valence-electron chi connectivity index (χ1n) is 7.75. The van der Waals surface area contributed by atoms with Gasteiger partial charge in [-0.25, -0.2) is 9.97 Å². The van der Waals surface area contributed by atoms with Gasteiger partial charge in [-0.05, 0) is 32.0 Å². The molecule has 0 spiro atoms. The van der Waals surface area contributed by atoms with E-state index < -0.39 is 0 Å². The number of hydrogen-bond acceptors (Lipinski definition) is 5. The van der Waals surface area contributed by atoms with E-state index in [1.807, 2.05) is 25.2 Å². The molecule has 0 aliphatic carbocycles. The molecule has 120 valence electrons. The molecule has 0 aliphatic heterocycles. The summed E-state index contributed by atoms with van der Waals surface area (Å²) in [4.78, 5) is 26.2. The second-order valence-corrected chi connectivity index (χ2v) is 6.63. The summed E-state index contributed by atoms with van der Waals surface area (Å²) in [5.74, 6) is 0.681. The van der Waals surface area contributed by atoms with Crippen molar-refractivity contribution in [2.45, 2.75) is 32.9 Å².